The normalized spacial score (nSPS) is 22.6. The van der Waals surface area contributed by atoms with E-state index in [2.05, 4.69) is 117 Å². The standard InChI is InChI=1S/C25H41N3O4.C21H33NO5.C19H29NO4/c1-2-24-3-5-25(6-4-24)23-28-9-7-26-11-15-29-19-21-31-17-13-27(8-10-28)14-18-32-22-20-30-16-12-26;1-2-20-3-5-21(6-4-20)19-22-7-9-23-11-13-25-15-17-27-18-16-26-14-12-24-10-8-22;1-2-18-3-5-19(6-4-18)17-20-7-9-21-11-13-23-15-16-24-14-12-22-10-8-20/h2-6H,1,7-23H2;2-6H,1,7-19H2;2-6H,1,7-17H2. The molecule has 0 aromatic heterocycles. The highest BCUT2D eigenvalue weighted by atomic mass is 16.6. The van der Waals surface area contributed by atoms with E-state index in [4.69, 9.17) is 61.6 Å². The summed E-state index contributed by atoms with van der Waals surface area (Å²) in [6, 6.07) is 25.7. The Morgan fingerprint density at radius 3 is 0.614 bits per heavy atom. The number of hydrogen-bond acceptors (Lipinski definition) is 18. The third-order valence-corrected chi connectivity index (χ3v) is 14.1. The van der Waals surface area contributed by atoms with Crippen molar-refractivity contribution in [2.45, 2.75) is 19.6 Å². The van der Waals surface area contributed by atoms with Gasteiger partial charge in [-0.25, -0.2) is 0 Å². The molecule has 18 nitrogen and oxygen atoms in total. The van der Waals surface area contributed by atoms with Gasteiger partial charge in [-0.05, 0) is 33.4 Å². The van der Waals surface area contributed by atoms with Gasteiger partial charge < -0.3 is 61.6 Å². The number of rotatable bonds is 9. The van der Waals surface area contributed by atoms with Crippen LogP contribution in [0, 0.1) is 0 Å². The summed E-state index contributed by atoms with van der Waals surface area (Å²) in [5.74, 6) is 0. The van der Waals surface area contributed by atoms with Crippen LogP contribution in [-0.2, 0) is 81.2 Å². The van der Waals surface area contributed by atoms with Crippen molar-refractivity contribution in [2.75, 3.05) is 250 Å². The smallest absolute Gasteiger partial charge is 0.0701 e. The molecule has 0 atom stereocenters. The fourth-order valence-corrected chi connectivity index (χ4v) is 9.03. The van der Waals surface area contributed by atoms with Gasteiger partial charge in [-0.1, -0.05) is 111 Å². The van der Waals surface area contributed by atoms with E-state index < -0.39 is 0 Å². The molecule has 18 heteroatoms. The van der Waals surface area contributed by atoms with E-state index in [9.17, 15) is 0 Å². The van der Waals surface area contributed by atoms with Gasteiger partial charge in [0.25, 0.3) is 0 Å². The van der Waals surface area contributed by atoms with Crippen LogP contribution >= 0.6 is 0 Å². The van der Waals surface area contributed by atoms with Crippen LogP contribution in [0.15, 0.2) is 92.5 Å². The Morgan fingerprint density at radius 2 is 0.410 bits per heavy atom. The van der Waals surface area contributed by atoms with Gasteiger partial charge in [0.2, 0.25) is 0 Å². The maximum atomic E-state index is 5.81. The van der Waals surface area contributed by atoms with Gasteiger partial charge in [-0.15, -0.1) is 0 Å². The molecule has 0 spiro atoms. The molecule has 0 aliphatic carbocycles. The van der Waals surface area contributed by atoms with E-state index >= 15 is 0 Å². The lowest BCUT2D eigenvalue weighted by Gasteiger charge is -2.30. The first kappa shape index (κ1) is 69.9. The Kier molecular flexibility index (Phi) is 40.7. The van der Waals surface area contributed by atoms with Crippen LogP contribution in [0.5, 0.6) is 0 Å². The van der Waals surface area contributed by atoms with Crippen LogP contribution in [0.25, 0.3) is 18.2 Å². The molecule has 0 unspecified atom stereocenters. The fraction of sp³-hybridized carbons (Fsp3) is 0.631. The summed E-state index contributed by atoms with van der Waals surface area (Å²) in [5, 5.41) is 0. The lowest BCUT2D eigenvalue weighted by Crippen LogP contribution is -2.42. The first-order valence-corrected chi connectivity index (χ1v) is 30.4. The number of hydrogen-bond donors (Lipinski definition) is 0. The van der Waals surface area contributed by atoms with Gasteiger partial charge in [0.1, 0.15) is 0 Å². The summed E-state index contributed by atoms with van der Waals surface area (Å²) in [6.07, 6.45) is 5.61. The van der Waals surface area contributed by atoms with Crippen molar-refractivity contribution in [3.63, 3.8) is 0 Å². The van der Waals surface area contributed by atoms with Crippen LogP contribution < -0.4 is 0 Å². The van der Waals surface area contributed by atoms with E-state index in [0.29, 0.717) is 145 Å². The van der Waals surface area contributed by atoms with Crippen molar-refractivity contribution >= 4 is 18.2 Å². The molecule has 4 saturated heterocycles. The SMILES string of the molecule is C=Cc1ccc(CN2CCN3CCOCCOCCN(CCOCCOCC3)CC2)cc1.C=Cc1ccc(CN2CCOCCOCCOCCOCC2)cc1.C=Cc1ccc(CN2CCOCCOCCOCCOCCOCC2)cc1. The number of nitrogens with zero attached hydrogens (tertiary/aromatic N) is 5. The molecule has 0 N–H and O–H groups in total. The van der Waals surface area contributed by atoms with E-state index in [1.54, 1.807) is 0 Å². The van der Waals surface area contributed by atoms with Gasteiger partial charge in [-0.2, -0.15) is 0 Å². The van der Waals surface area contributed by atoms with Crippen molar-refractivity contribution in [1.82, 2.24) is 24.5 Å². The molecular formula is C65H103N5O13. The van der Waals surface area contributed by atoms with Crippen molar-refractivity contribution in [1.29, 1.82) is 0 Å². The Hall–Kier alpha value is -3.84. The highest BCUT2D eigenvalue weighted by Gasteiger charge is 2.16. The highest BCUT2D eigenvalue weighted by Crippen LogP contribution is 2.12. The minimum atomic E-state index is 0.582. The Bertz CT molecular complexity index is 1940. The topological polar surface area (TPSA) is 136 Å². The molecule has 83 heavy (non-hydrogen) atoms. The molecule has 3 aromatic carbocycles. The molecule has 7 rings (SSSR count). The lowest BCUT2D eigenvalue weighted by atomic mass is 10.1. The van der Waals surface area contributed by atoms with Crippen molar-refractivity contribution in [2.24, 2.45) is 0 Å². The second kappa shape index (κ2) is 48.3. The summed E-state index contributed by atoms with van der Waals surface area (Å²) >= 11 is 0. The van der Waals surface area contributed by atoms with Gasteiger partial charge in [-0.3, -0.25) is 24.5 Å². The zero-order valence-electron chi connectivity index (χ0n) is 50.3. The van der Waals surface area contributed by atoms with Crippen LogP contribution in [0.3, 0.4) is 0 Å². The Morgan fingerprint density at radius 1 is 0.229 bits per heavy atom. The number of fused-ring (bicyclic) bond motifs is 6. The van der Waals surface area contributed by atoms with Crippen LogP contribution in [0.1, 0.15) is 33.4 Å². The van der Waals surface area contributed by atoms with E-state index in [-0.39, 0.29) is 0 Å². The van der Waals surface area contributed by atoms with E-state index in [1.807, 2.05) is 18.2 Å². The van der Waals surface area contributed by atoms with E-state index in [1.165, 1.54) is 16.7 Å². The molecule has 4 fully saturated rings. The summed E-state index contributed by atoms with van der Waals surface area (Å²) in [5.41, 5.74) is 7.33. The molecule has 0 radical (unpaired) electrons. The second-order valence-electron chi connectivity index (χ2n) is 20.3. The molecule has 4 aliphatic rings. The average Bonchev–Trinajstić information content (AvgIpc) is 3.53. The monoisotopic (exact) mass is 1160 g/mol. The summed E-state index contributed by atoms with van der Waals surface area (Å²) in [6.45, 7) is 42.0. The Labute approximate surface area is 498 Å². The molecule has 0 saturated carbocycles. The number of ether oxygens (including phenoxy) is 13. The lowest BCUT2D eigenvalue weighted by molar-refractivity contribution is -0.0189. The van der Waals surface area contributed by atoms with Crippen LogP contribution in [-0.4, -0.2) is 275 Å². The average molecular weight is 1160 g/mol. The molecule has 466 valence electrons. The third kappa shape index (κ3) is 35.4. The molecular weight excluding hydrogens is 1060 g/mol. The Balaban J connectivity index is 0.000000231. The number of benzene rings is 3. The first-order chi connectivity index (χ1) is 41.1. The minimum Gasteiger partial charge on any atom is -0.378 e. The van der Waals surface area contributed by atoms with Crippen molar-refractivity contribution in [3.8, 4) is 0 Å². The molecule has 4 aliphatic heterocycles. The van der Waals surface area contributed by atoms with Crippen molar-refractivity contribution < 1.29 is 61.6 Å². The van der Waals surface area contributed by atoms with Crippen LogP contribution in [0.2, 0.25) is 0 Å². The molecule has 3 aromatic rings. The first-order valence-electron chi connectivity index (χ1n) is 30.4. The molecule has 0 amide bonds. The molecule has 2 bridgehead atoms. The summed E-state index contributed by atoms with van der Waals surface area (Å²) in [4.78, 5) is 12.2. The van der Waals surface area contributed by atoms with Gasteiger partial charge in [0.05, 0.1) is 172 Å². The third-order valence-electron chi connectivity index (χ3n) is 14.1. The largest absolute Gasteiger partial charge is 0.378 e. The maximum Gasteiger partial charge on any atom is 0.0701 e. The quantitative estimate of drug-likeness (QED) is 0.223. The van der Waals surface area contributed by atoms with Gasteiger partial charge in [0.15, 0.2) is 0 Å². The minimum absolute atomic E-state index is 0.582. The second-order valence-corrected chi connectivity index (χ2v) is 20.3. The summed E-state index contributed by atoms with van der Waals surface area (Å²) in [7, 11) is 0. The van der Waals surface area contributed by atoms with Crippen molar-refractivity contribution in [3.05, 3.63) is 126 Å². The fourth-order valence-electron chi connectivity index (χ4n) is 9.03. The van der Waals surface area contributed by atoms with Gasteiger partial charge >= 0.3 is 0 Å². The van der Waals surface area contributed by atoms with E-state index in [0.717, 1.165) is 141 Å². The zero-order chi connectivity index (χ0) is 58.1. The predicted octanol–water partition coefficient (Wildman–Crippen LogP) is 6.27. The maximum absolute atomic E-state index is 5.81. The highest BCUT2D eigenvalue weighted by molar-refractivity contribution is 5.48. The van der Waals surface area contributed by atoms with Crippen LogP contribution in [0.4, 0.5) is 0 Å². The molecule has 4 heterocycles. The predicted molar refractivity (Wildman–Crippen MR) is 329 cm³/mol. The van der Waals surface area contributed by atoms with Gasteiger partial charge in [0, 0.05) is 98.2 Å². The summed E-state index contributed by atoms with van der Waals surface area (Å²) < 4.78 is 73.2. The zero-order valence-corrected chi connectivity index (χ0v) is 50.3.